The molecule has 2 heterocycles. The van der Waals surface area contributed by atoms with Crippen molar-refractivity contribution in [1.82, 2.24) is 9.38 Å². The molecule has 4 nitrogen and oxygen atoms in total. The fraction of sp³-hybridized carbons (Fsp3) is 0.0370. The van der Waals surface area contributed by atoms with Crippen LogP contribution in [-0.2, 0) is 11.3 Å². The van der Waals surface area contributed by atoms with Gasteiger partial charge in [-0.15, -0.1) is 0 Å². The van der Waals surface area contributed by atoms with Crippen LogP contribution >= 0.6 is 0 Å². The summed E-state index contributed by atoms with van der Waals surface area (Å²) >= 11 is 0. The van der Waals surface area contributed by atoms with Crippen LogP contribution in [0.5, 0.6) is 0 Å². The summed E-state index contributed by atoms with van der Waals surface area (Å²) in [7, 11) is 0. The Morgan fingerprint density at radius 2 is 1.48 bits per heavy atom. The molecule has 0 fully saturated rings. The van der Waals surface area contributed by atoms with Gasteiger partial charge in [0.15, 0.2) is 0 Å². The average molecular weight is 402 g/mol. The lowest BCUT2D eigenvalue weighted by molar-refractivity contribution is 0.0473. The Labute approximate surface area is 178 Å². The van der Waals surface area contributed by atoms with E-state index in [1.54, 1.807) is 0 Å². The van der Waals surface area contributed by atoms with E-state index in [9.17, 15) is 4.79 Å². The predicted molar refractivity (Wildman–Crippen MR) is 123 cm³/mol. The van der Waals surface area contributed by atoms with Gasteiger partial charge in [-0.2, -0.15) is 0 Å². The summed E-state index contributed by atoms with van der Waals surface area (Å²) < 4.78 is 7.75. The molecule has 6 aromatic rings. The molecule has 0 spiro atoms. The van der Waals surface area contributed by atoms with E-state index in [-0.39, 0.29) is 12.6 Å². The van der Waals surface area contributed by atoms with Gasteiger partial charge in [-0.25, -0.2) is 9.78 Å². The SMILES string of the molecule is O=C(OCc1ccccc1)c1ccc2c(c1)c1ccccc1n1c3ccccc3nc21. The first-order chi connectivity index (χ1) is 15.3. The Balaban J connectivity index is 1.53. The summed E-state index contributed by atoms with van der Waals surface area (Å²) in [6.45, 7) is 0.253. The quantitative estimate of drug-likeness (QED) is 0.263. The topological polar surface area (TPSA) is 43.6 Å². The smallest absolute Gasteiger partial charge is 0.338 e. The molecule has 6 rings (SSSR count). The highest BCUT2D eigenvalue weighted by molar-refractivity contribution is 6.15. The van der Waals surface area contributed by atoms with Gasteiger partial charge in [0.25, 0.3) is 0 Å². The first kappa shape index (κ1) is 17.7. The maximum Gasteiger partial charge on any atom is 0.338 e. The Morgan fingerprint density at radius 1 is 0.742 bits per heavy atom. The number of hydrogen-bond donors (Lipinski definition) is 0. The molecule has 0 radical (unpaired) electrons. The van der Waals surface area contributed by atoms with E-state index < -0.39 is 0 Å². The first-order valence-corrected chi connectivity index (χ1v) is 10.2. The maximum absolute atomic E-state index is 12.8. The monoisotopic (exact) mass is 402 g/mol. The van der Waals surface area contributed by atoms with Crippen LogP contribution in [0.25, 0.3) is 38.4 Å². The second kappa shape index (κ2) is 6.96. The zero-order chi connectivity index (χ0) is 20.8. The summed E-state index contributed by atoms with van der Waals surface area (Å²) in [4.78, 5) is 17.6. The van der Waals surface area contributed by atoms with Crippen LogP contribution in [0, 0.1) is 0 Å². The van der Waals surface area contributed by atoms with E-state index in [0.29, 0.717) is 5.56 Å². The Bertz CT molecular complexity index is 1600. The van der Waals surface area contributed by atoms with Crippen LogP contribution < -0.4 is 0 Å². The summed E-state index contributed by atoms with van der Waals surface area (Å²) in [5.74, 6) is -0.330. The molecule has 0 saturated carbocycles. The second-order valence-electron chi connectivity index (χ2n) is 7.60. The summed E-state index contributed by atoms with van der Waals surface area (Å²) in [5, 5.41) is 3.08. The molecule has 4 aromatic carbocycles. The third kappa shape index (κ3) is 2.84. The van der Waals surface area contributed by atoms with Gasteiger partial charge in [0.2, 0.25) is 0 Å². The molecule has 0 amide bonds. The zero-order valence-electron chi connectivity index (χ0n) is 16.7. The van der Waals surface area contributed by atoms with Gasteiger partial charge in [0.1, 0.15) is 12.3 Å². The van der Waals surface area contributed by atoms with E-state index in [0.717, 1.165) is 43.9 Å². The number of aromatic nitrogens is 2. The van der Waals surface area contributed by atoms with Gasteiger partial charge in [-0.05, 0) is 47.3 Å². The van der Waals surface area contributed by atoms with Gasteiger partial charge in [-0.1, -0.05) is 60.7 Å². The van der Waals surface area contributed by atoms with Crippen molar-refractivity contribution in [3.8, 4) is 0 Å². The number of benzene rings is 4. The fourth-order valence-electron chi connectivity index (χ4n) is 4.24. The number of carbonyl (C=O) groups excluding carboxylic acids is 1. The van der Waals surface area contributed by atoms with Gasteiger partial charge in [-0.3, -0.25) is 4.40 Å². The van der Waals surface area contributed by atoms with Crippen molar-refractivity contribution in [3.63, 3.8) is 0 Å². The molecule has 0 saturated heterocycles. The van der Waals surface area contributed by atoms with Crippen molar-refractivity contribution in [2.24, 2.45) is 0 Å². The number of ether oxygens (including phenoxy) is 1. The number of rotatable bonds is 3. The van der Waals surface area contributed by atoms with Crippen LogP contribution in [-0.4, -0.2) is 15.4 Å². The minimum atomic E-state index is -0.330. The van der Waals surface area contributed by atoms with Crippen molar-refractivity contribution >= 4 is 44.3 Å². The Kier molecular flexibility index (Phi) is 3.96. The lowest BCUT2D eigenvalue weighted by Crippen LogP contribution is -2.05. The lowest BCUT2D eigenvalue weighted by atomic mass is 10.0. The van der Waals surface area contributed by atoms with Crippen LogP contribution in [0.2, 0.25) is 0 Å². The van der Waals surface area contributed by atoms with Crippen LogP contribution in [0.1, 0.15) is 15.9 Å². The largest absolute Gasteiger partial charge is 0.457 e. The normalized spacial score (nSPS) is 11.5. The average Bonchev–Trinajstić information content (AvgIpc) is 3.23. The second-order valence-corrected chi connectivity index (χ2v) is 7.60. The van der Waals surface area contributed by atoms with Gasteiger partial charge >= 0.3 is 5.97 Å². The molecule has 31 heavy (non-hydrogen) atoms. The Morgan fingerprint density at radius 3 is 2.35 bits per heavy atom. The third-order valence-corrected chi connectivity index (χ3v) is 5.70. The van der Waals surface area contributed by atoms with Crippen LogP contribution in [0.15, 0.2) is 97.1 Å². The Hall–Kier alpha value is -4.18. The summed E-state index contributed by atoms with van der Waals surface area (Å²) in [6.07, 6.45) is 0. The number of para-hydroxylation sites is 3. The van der Waals surface area contributed by atoms with Crippen LogP contribution in [0.3, 0.4) is 0 Å². The molecule has 0 aliphatic carbocycles. The molecular formula is C27H18N2O2. The summed E-state index contributed by atoms with van der Waals surface area (Å²) in [5.41, 5.74) is 5.47. The number of pyridine rings is 1. The first-order valence-electron chi connectivity index (χ1n) is 10.2. The lowest BCUT2D eigenvalue weighted by Gasteiger charge is -2.10. The maximum atomic E-state index is 12.8. The van der Waals surface area contributed by atoms with Gasteiger partial charge in [0, 0.05) is 10.8 Å². The van der Waals surface area contributed by atoms with Crippen LogP contribution in [0.4, 0.5) is 0 Å². The highest BCUT2D eigenvalue weighted by Crippen LogP contribution is 2.32. The zero-order valence-corrected chi connectivity index (χ0v) is 16.7. The van der Waals surface area contributed by atoms with Crippen molar-refractivity contribution in [2.75, 3.05) is 0 Å². The molecule has 0 atom stereocenters. The van der Waals surface area contributed by atoms with Crippen molar-refractivity contribution < 1.29 is 9.53 Å². The molecule has 4 heteroatoms. The molecule has 0 aliphatic heterocycles. The van der Waals surface area contributed by atoms with Crippen molar-refractivity contribution in [3.05, 3.63) is 108 Å². The highest BCUT2D eigenvalue weighted by atomic mass is 16.5. The van der Waals surface area contributed by atoms with E-state index >= 15 is 0 Å². The number of carbonyl (C=O) groups is 1. The van der Waals surface area contributed by atoms with Gasteiger partial charge < -0.3 is 4.74 Å². The number of fused-ring (bicyclic) bond motifs is 8. The molecule has 0 bridgehead atoms. The number of esters is 1. The van der Waals surface area contributed by atoms with E-state index in [2.05, 4.69) is 22.6 Å². The van der Waals surface area contributed by atoms with E-state index in [1.165, 1.54) is 0 Å². The highest BCUT2D eigenvalue weighted by Gasteiger charge is 2.15. The van der Waals surface area contributed by atoms with E-state index in [4.69, 9.17) is 9.72 Å². The van der Waals surface area contributed by atoms with Crippen molar-refractivity contribution in [2.45, 2.75) is 6.61 Å². The van der Waals surface area contributed by atoms with Gasteiger partial charge in [0.05, 0.1) is 22.1 Å². The molecule has 0 N–H and O–H groups in total. The molecule has 2 aromatic heterocycles. The van der Waals surface area contributed by atoms with Crippen molar-refractivity contribution in [1.29, 1.82) is 0 Å². The number of imidazole rings is 1. The molecule has 148 valence electrons. The summed E-state index contributed by atoms with van der Waals surface area (Å²) in [6, 6.07) is 31.8. The predicted octanol–water partition coefficient (Wildman–Crippen LogP) is 6.15. The standard InChI is InChI=1S/C27H18N2O2/c30-27(31-17-18-8-2-1-3-9-18)19-14-15-21-22(16-19)20-10-4-6-12-24(20)29-25-13-7-5-11-23(25)28-26(21)29/h1-16H,17H2. The fourth-order valence-corrected chi connectivity index (χ4v) is 4.24. The molecular weight excluding hydrogens is 384 g/mol. The third-order valence-electron chi connectivity index (χ3n) is 5.70. The molecule has 0 unspecified atom stereocenters. The minimum absolute atomic E-state index is 0.253. The minimum Gasteiger partial charge on any atom is -0.457 e. The molecule has 0 aliphatic rings. The number of hydrogen-bond acceptors (Lipinski definition) is 3. The van der Waals surface area contributed by atoms with E-state index in [1.807, 2.05) is 78.9 Å². The number of nitrogens with zero attached hydrogens (tertiary/aromatic N) is 2.